The highest BCUT2D eigenvalue weighted by atomic mass is 32.2. The van der Waals surface area contributed by atoms with Crippen LogP contribution >= 0.6 is 0 Å². The van der Waals surface area contributed by atoms with E-state index in [4.69, 9.17) is 0 Å². The zero-order valence-electron chi connectivity index (χ0n) is 13.3. The first-order valence-corrected chi connectivity index (χ1v) is 9.06. The van der Waals surface area contributed by atoms with Crippen LogP contribution in [0.15, 0.2) is 35.8 Å². The molecular weight excluding hydrogens is 327 g/mol. The fraction of sp³-hybridized carbons (Fsp3) is 0.625. The predicted molar refractivity (Wildman–Crippen MR) is 84.3 cm³/mol. The topological polar surface area (TPSA) is 37.4 Å². The molecule has 0 bridgehead atoms. The van der Waals surface area contributed by atoms with Crippen LogP contribution in [0.3, 0.4) is 0 Å². The third kappa shape index (κ3) is 3.13. The van der Waals surface area contributed by atoms with Crippen LogP contribution < -0.4 is 0 Å². The summed E-state index contributed by atoms with van der Waals surface area (Å²) < 4.78 is 62.8. The molecule has 0 aromatic rings. The van der Waals surface area contributed by atoms with E-state index in [1.807, 2.05) is 0 Å². The van der Waals surface area contributed by atoms with Gasteiger partial charge in [0.05, 0.1) is 4.91 Å². The smallest absolute Gasteiger partial charge is 0.287 e. The van der Waals surface area contributed by atoms with E-state index in [1.165, 1.54) is 6.08 Å². The fourth-order valence-corrected chi connectivity index (χ4v) is 4.98. The van der Waals surface area contributed by atoms with Gasteiger partial charge in [-0.05, 0) is 26.2 Å². The Bertz CT molecular complexity index is 636. The number of sulfone groups is 1. The Morgan fingerprint density at radius 2 is 2.04 bits per heavy atom. The molecule has 0 aromatic carbocycles. The van der Waals surface area contributed by atoms with Gasteiger partial charge in [0.25, 0.3) is 9.84 Å². The summed E-state index contributed by atoms with van der Waals surface area (Å²) in [5.41, 5.74) is -4.46. The summed E-state index contributed by atoms with van der Waals surface area (Å²) in [6.07, 6.45) is 4.94. The molecule has 130 valence electrons. The molecule has 0 saturated carbocycles. The van der Waals surface area contributed by atoms with Gasteiger partial charge in [-0.25, -0.2) is 8.42 Å². The first-order valence-electron chi connectivity index (χ1n) is 7.58. The van der Waals surface area contributed by atoms with Gasteiger partial charge in [0.2, 0.25) is 0 Å². The van der Waals surface area contributed by atoms with Crippen molar-refractivity contribution in [3.63, 3.8) is 0 Å². The van der Waals surface area contributed by atoms with Gasteiger partial charge in [0, 0.05) is 24.0 Å². The summed E-state index contributed by atoms with van der Waals surface area (Å²) in [6, 6.07) is -0.566. The van der Waals surface area contributed by atoms with Crippen molar-refractivity contribution >= 4 is 9.84 Å². The molecule has 0 aliphatic carbocycles. The molecule has 0 amide bonds. The zero-order chi connectivity index (χ0) is 17.6. The quantitative estimate of drug-likeness (QED) is 0.725. The maximum Gasteiger partial charge on any atom is 0.501 e. The lowest BCUT2D eigenvalue weighted by Gasteiger charge is -2.42. The van der Waals surface area contributed by atoms with Crippen molar-refractivity contribution in [2.75, 3.05) is 0 Å². The average molecular weight is 349 g/mol. The van der Waals surface area contributed by atoms with Gasteiger partial charge in [-0.2, -0.15) is 13.2 Å². The fourth-order valence-electron chi connectivity index (χ4n) is 3.73. The van der Waals surface area contributed by atoms with E-state index in [1.54, 1.807) is 19.9 Å². The Morgan fingerprint density at radius 3 is 2.52 bits per heavy atom. The van der Waals surface area contributed by atoms with Gasteiger partial charge in [0.1, 0.15) is 0 Å². The van der Waals surface area contributed by atoms with E-state index < -0.39 is 32.2 Å². The van der Waals surface area contributed by atoms with Crippen molar-refractivity contribution in [2.45, 2.75) is 56.7 Å². The lowest BCUT2D eigenvalue weighted by atomic mass is 9.91. The molecule has 0 spiro atoms. The Labute approximate surface area is 135 Å². The van der Waals surface area contributed by atoms with Crippen LogP contribution in [0, 0.1) is 5.92 Å². The van der Waals surface area contributed by atoms with Gasteiger partial charge < -0.3 is 0 Å². The highest BCUT2D eigenvalue weighted by Crippen LogP contribution is 2.44. The minimum atomic E-state index is -5.30. The summed E-state index contributed by atoms with van der Waals surface area (Å²) in [4.78, 5) is 1.60. The Kier molecular flexibility index (Phi) is 4.84. The molecule has 7 heteroatoms. The van der Waals surface area contributed by atoms with Crippen molar-refractivity contribution in [3.05, 3.63) is 35.8 Å². The van der Waals surface area contributed by atoms with E-state index in [9.17, 15) is 21.6 Å². The minimum Gasteiger partial charge on any atom is -0.287 e. The second kappa shape index (κ2) is 6.09. The molecule has 2 rings (SSSR count). The number of alkyl halides is 3. The van der Waals surface area contributed by atoms with Gasteiger partial charge in [-0.1, -0.05) is 24.6 Å². The molecule has 2 heterocycles. The molecule has 0 unspecified atom stereocenters. The van der Waals surface area contributed by atoms with Crippen molar-refractivity contribution in [2.24, 2.45) is 5.92 Å². The summed E-state index contributed by atoms with van der Waals surface area (Å²) in [5, 5.41) is 0. The van der Waals surface area contributed by atoms with Crippen LogP contribution in [0.5, 0.6) is 0 Å². The van der Waals surface area contributed by atoms with Crippen LogP contribution in [-0.2, 0) is 9.84 Å². The average Bonchev–Trinajstić information content (AvgIpc) is 2.84. The lowest BCUT2D eigenvalue weighted by molar-refractivity contribution is -0.0432. The molecule has 3 nitrogen and oxygen atoms in total. The lowest BCUT2D eigenvalue weighted by Crippen LogP contribution is -2.50. The summed E-state index contributed by atoms with van der Waals surface area (Å²) >= 11 is 0. The first kappa shape index (κ1) is 18.3. The second-order valence-electron chi connectivity index (χ2n) is 6.43. The SMILES string of the molecule is C=C[C@H]1CC[C@@H]2[C@@H](C)C(S(=O)(=O)C(F)(F)F)=C[C@@H](CC(=C)C)N21. The molecule has 1 saturated heterocycles. The van der Waals surface area contributed by atoms with Gasteiger partial charge in [-0.3, -0.25) is 4.90 Å². The Hall–Kier alpha value is -1.08. The predicted octanol–water partition coefficient (Wildman–Crippen LogP) is 3.81. The third-order valence-electron chi connectivity index (χ3n) is 4.73. The second-order valence-corrected chi connectivity index (χ2v) is 8.37. The van der Waals surface area contributed by atoms with E-state index in [0.717, 1.165) is 12.0 Å². The molecule has 1 fully saturated rings. The van der Waals surface area contributed by atoms with Crippen LogP contribution in [-0.4, -0.2) is 37.0 Å². The molecule has 2 aliphatic rings. The molecule has 4 atom stereocenters. The highest BCUT2D eigenvalue weighted by Gasteiger charge is 2.54. The van der Waals surface area contributed by atoms with Crippen molar-refractivity contribution in [3.8, 4) is 0 Å². The van der Waals surface area contributed by atoms with Crippen molar-refractivity contribution in [1.29, 1.82) is 0 Å². The minimum absolute atomic E-state index is 0.0539. The number of fused-ring (bicyclic) bond motifs is 1. The summed E-state index contributed by atoms with van der Waals surface area (Å²) in [6.45, 7) is 11.0. The van der Waals surface area contributed by atoms with Crippen LogP contribution in [0.1, 0.15) is 33.1 Å². The van der Waals surface area contributed by atoms with Crippen LogP contribution in [0.4, 0.5) is 13.2 Å². The Balaban J connectivity index is 2.52. The summed E-state index contributed by atoms with van der Waals surface area (Å²) in [7, 11) is -5.30. The number of halogens is 3. The summed E-state index contributed by atoms with van der Waals surface area (Å²) in [5.74, 6) is -0.687. The maximum atomic E-state index is 13.0. The number of hydrogen-bond acceptors (Lipinski definition) is 3. The molecule has 2 aliphatic heterocycles. The first-order chi connectivity index (χ1) is 10.5. The van der Waals surface area contributed by atoms with Crippen LogP contribution in [0.2, 0.25) is 0 Å². The van der Waals surface area contributed by atoms with Crippen molar-refractivity contribution in [1.82, 2.24) is 4.90 Å². The maximum absolute atomic E-state index is 13.0. The standard InChI is InChI=1S/C16H22F3NO2S/c1-5-12-6-7-14-11(4)15(23(21,22)16(17,18)19)9-13(20(12)14)8-10(2)3/h5,9,11-14H,1-2,6-8H2,3-4H3/t11-,12+,13-,14-/m1/s1. The van der Waals surface area contributed by atoms with E-state index >= 15 is 0 Å². The largest absolute Gasteiger partial charge is 0.501 e. The van der Waals surface area contributed by atoms with Crippen molar-refractivity contribution < 1.29 is 21.6 Å². The van der Waals surface area contributed by atoms with Gasteiger partial charge in [0.15, 0.2) is 0 Å². The number of hydrogen-bond donors (Lipinski definition) is 0. The third-order valence-corrected chi connectivity index (χ3v) is 6.47. The van der Waals surface area contributed by atoms with Crippen LogP contribution in [0.25, 0.3) is 0 Å². The van der Waals surface area contributed by atoms with Gasteiger partial charge in [-0.15, -0.1) is 13.2 Å². The Morgan fingerprint density at radius 1 is 1.43 bits per heavy atom. The molecule has 0 N–H and O–H groups in total. The van der Waals surface area contributed by atoms with E-state index in [0.29, 0.717) is 12.8 Å². The van der Waals surface area contributed by atoms with Gasteiger partial charge >= 0.3 is 5.51 Å². The molecule has 23 heavy (non-hydrogen) atoms. The van der Waals surface area contributed by atoms with E-state index in [-0.39, 0.29) is 12.1 Å². The monoisotopic (exact) mass is 349 g/mol. The normalized spacial score (nSPS) is 32.3. The number of rotatable bonds is 4. The molecule has 0 aromatic heterocycles. The van der Waals surface area contributed by atoms with E-state index in [2.05, 4.69) is 18.1 Å². The molecular formula is C16H22F3NO2S. The number of nitrogens with zero attached hydrogens (tertiary/aromatic N) is 1. The molecule has 0 radical (unpaired) electrons. The highest BCUT2D eigenvalue weighted by molar-refractivity contribution is 7.96. The zero-order valence-corrected chi connectivity index (χ0v) is 14.1.